The van der Waals surface area contributed by atoms with Crippen LogP contribution in [0, 0.1) is 5.82 Å². The lowest BCUT2D eigenvalue weighted by Crippen LogP contribution is -2.15. The van der Waals surface area contributed by atoms with Gasteiger partial charge in [0.05, 0.1) is 24.6 Å². The SMILES string of the molecule is CCCCOc1cc(F)ccc1-c1nc(SC)nc(C(C)C)c1C(=O)OCC. The maximum Gasteiger partial charge on any atom is 0.342 e. The van der Waals surface area contributed by atoms with E-state index in [9.17, 15) is 9.18 Å². The second kappa shape index (κ2) is 10.4. The van der Waals surface area contributed by atoms with Crippen molar-refractivity contribution < 1.29 is 18.7 Å². The summed E-state index contributed by atoms with van der Waals surface area (Å²) in [5, 5.41) is 0.538. The molecule has 0 saturated heterocycles. The van der Waals surface area contributed by atoms with Gasteiger partial charge in [-0.1, -0.05) is 39.0 Å². The molecule has 0 unspecified atom stereocenters. The summed E-state index contributed by atoms with van der Waals surface area (Å²) in [7, 11) is 0. The monoisotopic (exact) mass is 406 g/mol. The zero-order valence-corrected chi connectivity index (χ0v) is 17.9. The average Bonchev–Trinajstić information content (AvgIpc) is 2.67. The highest BCUT2D eigenvalue weighted by molar-refractivity contribution is 7.98. The van der Waals surface area contributed by atoms with Gasteiger partial charge in [0.15, 0.2) is 5.16 Å². The van der Waals surface area contributed by atoms with Gasteiger partial charge in [0.25, 0.3) is 0 Å². The van der Waals surface area contributed by atoms with Crippen LogP contribution in [0.1, 0.15) is 62.5 Å². The summed E-state index contributed by atoms with van der Waals surface area (Å²) in [6.07, 6.45) is 3.68. The largest absolute Gasteiger partial charge is 0.493 e. The Kier molecular flexibility index (Phi) is 8.23. The fourth-order valence-electron chi connectivity index (χ4n) is 2.70. The molecule has 0 radical (unpaired) electrons. The predicted molar refractivity (Wildman–Crippen MR) is 110 cm³/mol. The molecule has 7 heteroatoms. The van der Waals surface area contributed by atoms with E-state index in [1.165, 1.54) is 23.9 Å². The van der Waals surface area contributed by atoms with Crippen LogP contribution in [0.2, 0.25) is 0 Å². The van der Waals surface area contributed by atoms with Gasteiger partial charge in [-0.3, -0.25) is 0 Å². The molecule has 1 aromatic carbocycles. The lowest BCUT2D eigenvalue weighted by atomic mass is 9.98. The number of unbranched alkanes of at least 4 members (excludes halogenated alkanes) is 1. The molecule has 2 aromatic rings. The molecule has 0 N–H and O–H groups in total. The molecule has 5 nitrogen and oxygen atoms in total. The van der Waals surface area contributed by atoms with E-state index in [2.05, 4.69) is 16.9 Å². The number of thioether (sulfide) groups is 1. The molecule has 0 spiro atoms. The van der Waals surface area contributed by atoms with Crippen molar-refractivity contribution in [3.63, 3.8) is 0 Å². The zero-order chi connectivity index (χ0) is 20.7. The van der Waals surface area contributed by atoms with Crippen LogP contribution in [0.3, 0.4) is 0 Å². The summed E-state index contributed by atoms with van der Waals surface area (Å²) in [6.45, 7) is 8.42. The number of esters is 1. The highest BCUT2D eigenvalue weighted by Crippen LogP contribution is 2.36. The minimum absolute atomic E-state index is 0.0167. The second-order valence-electron chi connectivity index (χ2n) is 6.54. The first-order valence-corrected chi connectivity index (χ1v) is 10.7. The van der Waals surface area contributed by atoms with Crippen LogP contribution in [0.25, 0.3) is 11.3 Å². The Bertz CT molecular complexity index is 828. The van der Waals surface area contributed by atoms with Crippen molar-refractivity contribution in [1.29, 1.82) is 0 Å². The molecule has 0 aliphatic heterocycles. The van der Waals surface area contributed by atoms with Crippen molar-refractivity contribution in [2.45, 2.75) is 51.6 Å². The van der Waals surface area contributed by atoms with Gasteiger partial charge in [-0.15, -0.1) is 0 Å². The van der Waals surface area contributed by atoms with Crippen molar-refractivity contribution >= 4 is 17.7 Å². The number of hydrogen-bond donors (Lipinski definition) is 0. The predicted octanol–water partition coefficient (Wildman–Crippen LogP) is 5.48. The van der Waals surface area contributed by atoms with Gasteiger partial charge < -0.3 is 9.47 Å². The zero-order valence-electron chi connectivity index (χ0n) is 17.0. The molecule has 1 heterocycles. The number of carbonyl (C=O) groups excluding carboxylic acids is 1. The Hall–Kier alpha value is -2.15. The molecule has 0 aliphatic carbocycles. The van der Waals surface area contributed by atoms with Gasteiger partial charge in [-0.2, -0.15) is 0 Å². The van der Waals surface area contributed by atoms with E-state index in [0.29, 0.717) is 40.0 Å². The number of carbonyl (C=O) groups is 1. The van der Waals surface area contributed by atoms with E-state index >= 15 is 0 Å². The number of benzene rings is 1. The van der Waals surface area contributed by atoms with Crippen LogP contribution >= 0.6 is 11.8 Å². The van der Waals surface area contributed by atoms with E-state index in [1.54, 1.807) is 13.0 Å². The van der Waals surface area contributed by atoms with Crippen LogP contribution in [0.5, 0.6) is 5.75 Å². The molecule has 152 valence electrons. The van der Waals surface area contributed by atoms with Crippen molar-refractivity contribution in [1.82, 2.24) is 9.97 Å². The van der Waals surface area contributed by atoms with E-state index in [-0.39, 0.29) is 12.5 Å². The van der Waals surface area contributed by atoms with Crippen LogP contribution < -0.4 is 4.74 Å². The van der Waals surface area contributed by atoms with E-state index < -0.39 is 11.8 Å². The van der Waals surface area contributed by atoms with Gasteiger partial charge in [-0.05, 0) is 37.7 Å². The lowest BCUT2D eigenvalue weighted by molar-refractivity contribution is 0.0524. The van der Waals surface area contributed by atoms with Gasteiger partial charge in [0.2, 0.25) is 0 Å². The maximum absolute atomic E-state index is 13.9. The van der Waals surface area contributed by atoms with Crippen molar-refractivity contribution in [3.05, 3.63) is 35.3 Å². The topological polar surface area (TPSA) is 61.3 Å². The summed E-state index contributed by atoms with van der Waals surface area (Å²) in [4.78, 5) is 21.9. The number of halogens is 1. The Morgan fingerprint density at radius 3 is 2.61 bits per heavy atom. The van der Waals surface area contributed by atoms with Crippen molar-refractivity contribution in [2.75, 3.05) is 19.5 Å². The van der Waals surface area contributed by atoms with Crippen LogP contribution in [-0.4, -0.2) is 35.4 Å². The smallest absolute Gasteiger partial charge is 0.342 e. The van der Waals surface area contributed by atoms with Crippen LogP contribution in [0.15, 0.2) is 23.4 Å². The molecule has 0 bridgehead atoms. The van der Waals surface area contributed by atoms with E-state index in [0.717, 1.165) is 12.8 Å². The molecule has 0 atom stereocenters. The first-order chi connectivity index (χ1) is 13.4. The van der Waals surface area contributed by atoms with Crippen molar-refractivity contribution in [3.8, 4) is 17.0 Å². The summed E-state index contributed by atoms with van der Waals surface area (Å²) in [5.41, 5.74) is 1.88. The van der Waals surface area contributed by atoms with Crippen LogP contribution in [0.4, 0.5) is 4.39 Å². The summed E-state index contributed by atoms with van der Waals surface area (Å²) in [6, 6.07) is 4.26. The van der Waals surface area contributed by atoms with Gasteiger partial charge in [0, 0.05) is 11.6 Å². The summed E-state index contributed by atoms with van der Waals surface area (Å²) in [5.74, 6) is -0.551. The Morgan fingerprint density at radius 1 is 1.25 bits per heavy atom. The molecule has 0 amide bonds. The lowest BCUT2D eigenvalue weighted by Gasteiger charge is -2.18. The number of nitrogens with zero attached hydrogens (tertiary/aromatic N) is 2. The average molecular weight is 407 g/mol. The standard InChI is InChI=1S/C21H27FN2O3S/c1-6-8-11-27-16-12-14(22)9-10-15(16)19-17(20(25)26-7-2)18(13(3)4)23-21(24-19)28-5/h9-10,12-13H,6-8,11H2,1-5H3. The quantitative estimate of drug-likeness (QED) is 0.238. The molecule has 0 aliphatic rings. The Morgan fingerprint density at radius 2 is 2.00 bits per heavy atom. The molecular weight excluding hydrogens is 379 g/mol. The first-order valence-electron chi connectivity index (χ1n) is 9.48. The highest BCUT2D eigenvalue weighted by atomic mass is 32.2. The molecule has 28 heavy (non-hydrogen) atoms. The molecular formula is C21H27FN2O3S. The van der Waals surface area contributed by atoms with Crippen LogP contribution in [-0.2, 0) is 4.74 Å². The number of rotatable bonds is 9. The fourth-order valence-corrected chi connectivity index (χ4v) is 3.08. The van der Waals surface area contributed by atoms with Crippen molar-refractivity contribution in [2.24, 2.45) is 0 Å². The summed E-state index contributed by atoms with van der Waals surface area (Å²) >= 11 is 1.38. The molecule has 0 fully saturated rings. The Labute approximate surface area is 170 Å². The third kappa shape index (κ3) is 5.22. The van der Waals surface area contributed by atoms with Gasteiger partial charge >= 0.3 is 5.97 Å². The minimum Gasteiger partial charge on any atom is -0.493 e. The molecule has 1 aromatic heterocycles. The third-order valence-corrected chi connectivity index (χ3v) is 4.63. The summed E-state index contributed by atoms with van der Waals surface area (Å²) < 4.78 is 25.0. The third-order valence-electron chi connectivity index (χ3n) is 4.08. The number of hydrogen-bond acceptors (Lipinski definition) is 6. The molecule has 0 saturated carbocycles. The first kappa shape index (κ1) is 22.1. The normalized spacial score (nSPS) is 11.0. The number of ether oxygens (including phenoxy) is 2. The van der Waals surface area contributed by atoms with Gasteiger partial charge in [-0.25, -0.2) is 19.2 Å². The van der Waals surface area contributed by atoms with E-state index in [1.807, 2.05) is 20.1 Å². The van der Waals surface area contributed by atoms with Gasteiger partial charge in [0.1, 0.15) is 17.1 Å². The van der Waals surface area contributed by atoms with E-state index in [4.69, 9.17) is 9.47 Å². The second-order valence-corrected chi connectivity index (χ2v) is 7.31. The highest BCUT2D eigenvalue weighted by Gasteiger charge is 2.26. The fraction of sp³-hybridized carbons (Fsp3) is 0.476. The molecule has 2 rings (SSSR count). The minimum atomic E-state index is -0.488. The Balaban J connectivity index is 2.72. The maximum atomic E-state index is 13.9. The number of aromatic nitrogens is 2.